The molecule has 5 aliphatic carbocycles. The molecule has 1 heterocycles. The molecule has 13 unspecified atom stereocenters. The summed E-state index contributed by atoms with van der Waals surface area (Å²) in [6.45, 7) is 5.63. The van der Waals surface area contributed by atoms with Gasteiger partial charge in [-0.3, -0.25) is 9.69 Å². The van der Waals surface area contributed by atoms with Crippen LogP contribution in [-0.2, 0) is 28.5 Å². The second-order valence-electron chi connectivity index (χ2n) is 12.5. The van der Waals surface area contributed by atoms with E-state index in [1.165, 1.54) is 6.92 Å². The molecule has 0 amide bonds. The Bertz CT molecular complexity index is 918. The fourth-order valence-electron chi connectivity index (χ4n) is 11.4. The van der Waals surface area contributed by atoms with Crippen molar-refractivity contribution in [3.8, 4) is 0 Å². The average molecular weight is 510 g/mol. The first-order valence-corrected chi connectivity index (χ1v) is 13.6. The Morgan fingerprint density at radius 3 is 2.50 bits per heavy atom. The van der Waals surface area contributed by atoms with Crippen LogP contribution >= 0.6 is 0 Å². The summed E-state index contributed by atoms with van der Waals surface area (Å²) in [5, 5.41) is 25.4. The van der Waals surface area contributed by atoms with E-state index in [1.807, 2.05) is 0 Å². The van der Waals surface area contributed by atoms with E-state index in [0.29, 0.717) is 19.4 Å². The molecule has 5 saturated carbocycles. The maximum atomic E-state index is 13.3. The number of likely N-dealkylation sites (tertiary alicyclic amines) is 1. The lowest BCUT2D eigenvalue weighted by molar-refractivity contribution is -0.324. The third-order valence-corrected chi connectivity index (χ3v) is 11.8. The van der Waals surface area contributed by atoms with Crippen molar-refractivity contribution in [2.45, 2.75) is 81.2 Å². The summed E-state index contributed by atoms with van der Waals surface area (Å²) < 4.78 is 30.8. The van der Waals surface area contributed by atoms with E-state index in [4.69, 9.17) is 23.7 Å². The standard InChI is InChI=1S/C27H43NO8/c1-7-28-12-24(13-32-3)9-8-18(30)26-16-10-15-17(33-4)11-25(35-6,19(16)20(15)36-14(2)29)27(31,23(26)28)22(34-5)21(24)26/h15-23,30-31H,7-13H2,1-6H3. The van der Waals surface area contributed by atoms with E-state index < -0.39 is 34.9 Å². The van der Waals surface area contributed by atoms with Gasteiger partial charge in [0.15, 0.2) is 0 Å². The maximum Gasteiger partial charge on any atom is 0.302 e. The lowest BCUT2D eigenvalue weighted by atomic mass is 9.42. The predicted molar refractivity (Wildman–Crippen MR) is 128 cm³/mol. The summed E-state index contributed by atoms with van der Waals surface area (Å²) in [6, 6.07) is -0.348. The van der Waals surface area contributed by atoms with Gasteiger partial charge in [0.1, 0.15) is 17.3 Å². The van der Waals surface area contributed by atoms with Crippen LogP contribution in [0.15, 0.2) is 0 Å². The number of hydrogen-bond donors (Lipinski definition) is 2. The van der Waals surface area contributed by atoms with E-state index in [1.54, 1.807) is 28.4 Å². The van der Waals surface area contributed by atoms with Crippen molar-refractivity contribution in [2.75, 3.05) is 48.1 Å². The zero-order chi connectivity index (χ0) is 25.8. The van der Waals surface area contributed by atoms with Gasteiger partial charge in [-0.1, -0.05) is 6.92 Å². The fraction of sp³-hybridized carbons (Fsp3) is 0.963. The largest absolute Gasteiger partial charge is 0.462 e. The Hall–Kier alpha value is -0.810. The topological polar surface area (TPSA) is 107 Å². The van der Waals surface area contributed by atoms with Crippen LogP contribution in [0.5, 0.6) is 0 Å². The molecular formula is C27H43NO8. The van der Waals surface area contributed by atoms with Crippen molar-refractivity contribution in [1.29, 1.82) is 0 Å². The summed E-state index contributed by atoms with van der Waals surface area (Å²) in [5.41, 5.74) is -3.41. The van der Waals surface area contributed by atoms with Crippen molar-refractivity contribution < 1.29 is 38.7 Å². The predicted octanol–water partition coefficient (Wildman–Crippen LogP) is 0.842. The Morgan fingerprint density at radius 1 is 1.17 bits per heavy atom. The van der Waals surface area contributed by atoms with Gasteiger partial charge >= 0.3 is 5.97 Å². The fourth-order valence-corrected chi connectivity index (χ4v) is 11.4. The minimum atomic E-state index is -1.44. The Kier molecular flexibility index (Phi) is 5.73. The first kappa shape index (κ1) is 25.5. The van der Waals surface area contributed by atoms with Gasteiger partial charge < -0.3 is 33.9 Å². The third-order valence-electron chi connectivity index (χ3n) is 11.8. The molecule has 0 aromatic rings. The molecule has 7 bridgehead atoms. The second-order valence-corrected chi connectivity index (χ2v) is 12.5. The van der Waals surface area contributed by atoms with Gasteiger partial charge in [0, 0.05) is 76.9 Å². The highest BCUT2D eigenvalue weighted by molar-refractivity contribution is 5.66. The molecule has 1 aliphatic heterocycles. The number of fused-ring (bicyclic) bond motifs is 2. The molecule has 13 atom stereocenters. The van der Waals surface area contributed by atoms with Crippen LogP contribution in [0.3, 0.4) is 0 Å². The lowest BCUT2D eigenvalue weighted by Gasteiger charge is -2.70. The van der Waals surface area contributed by atoms with Gasteiger partial charge in [-0.25, -0.2) is 0 Å². The van der Waals surface area contributed by atoms with Gasteiger partial charge in [-0.15, -0.1) is 0 Å². The summed E-state index contributed by atoms with van der Waals surface area (Å²) in [7, 11) is 6.77. The molecule has 0 aromatic carbocycles. The SMILES string of the molecule is CCN1CC2(COC)CCC(O)C34C5CC6C(OC)CC(OC)(C5C6OC(C)=O)C(O)(C(OC)C23)C14. The van der Waals surface area contributed by atoms with Crippen LogP contribution in [0, 0.1) is 34.5 Å². The summed E-state index contributed by atoms with van der Waals surface area (Å²) >= 11 is 0. The molecule has 0 aromatic heterocycles. The Balaban J connectivity index is 1.67. The van der Waals surface area contributed by atoms with Crippen molar-refractivity contribution >= 4 is 5.97 Å². The molecule has 36 heavy (non-hydrogen) atoms. The zero-order valence-electron chi connectivity index (χ0n) is 22.4. The van der Waals surface area contributed by atoms with Crippen LogP contribution in [0.4, 0.5) is 0 Å². The van der Waals surface area contributed by atoms with E-state index in [9.17, 15) is 15.0 Å². The highest BCUT2D eigenvalue weighted by Gasteiger charge is 2.92. The number of likely N-dealkylation sites (N-methyl/N-ethyl adjacent to an activating group) is 1. The highest BCUT2D eigenvalue weighted by atomic mass is 16.6. The van der Waals surface area contributed by atoms with Crippen LogP contribution in [0.1, 0.15) is 39.5 Å². The van der Waals surface area contributed by atoms with Gasteiger partial charge in [0.05, 0.1) is 31.0 Å². The molecular weight excluding hydrogens is 466 g/mol. The van der Waals surface area contributed by atoms with Gasteiger partial charge in [-0.2, -0.15) is 0 Å². The second kappa shape index (κ2) is 8.10. The number of methoxy groups -OCH3 is 4. The number of esters is 1. The van der Waals surface area contributed by atoms with Crippen molar-refractivity contribution in [2.24, 2.45) is 34.5 Å². The number of nitrogens with zero attached hydrogens (tertiary/aromatic N) is 1. The Labute approximate surface area is 213 Å². The first-order chi connectivity index (χ1) is 17.2. The zero-order valence-corrected chi connectivity index (χ0v) is 22.4. The van der Waals surface area contributed by atoms with Gasteiger partial charge in [0.2, 0.25) is 0 Å². The minimum Gasteiger partial charge on any atom is -0.462 e. The first-order valence-electron chi connectivity index (χ1n) is 13.6. The summed E-state index contributed by atoms with van der Waals surface area (Å²) in [4.78, 5) is 14.7. The van der Waals surface area contributed by atoms with E-state index in [-0.39, 0.29) is 47.2 Å². The van der Waals surface area contributed by atoms with Crippen molar-refractivity contribution in [3.63, 3.8) is 0 Å². The minimum absolute atomic E-state index is 0.0164. The molecule has 204 valence electrons. The lowest BCUT2D eigenvalue weighted by Crippen LogP contribution is -2.82. The van der Waals surface area contributed by atoms with Gasteiger partial charge in [-0.05, 0) is 31.7 Å². The number of carbonyl (C=O) groups excluding carboxylic acids is 1. The number of hydrogen-bond acceptors (Lipinski definition) is 9. The molecule has 2 N–H and O–H groups in total. The highest BCUT2D eigenvalue weighted by Crippen LogP contribution is 2.80. The van der Waals surface area contributed by atoms with Crippen LogP contribution < -0.4 is 0 Å². The quantitative estimate of drug-likeness (QED) is 0.483. The Morgan fingerprint density at radius 2 is 1.92 bits per heavy atom. The number of piperidine rings is 1. The number of aliphatic hydroxyl groups is 2. The van der Waals surface area contributed by atoms with Crippen LogP contribution in [-0.4, -0.2) is 111 Å². The van der Waals surface area contributed by atoms with Crippen LogP contribution in [0.25, 0.3) is 0 Å². The molecule has 9 nitrogen and oxygen atoms in total. The normalized spacial score (nSPS) is 56.6. The van der Waals surface area contributed by atoms with Crippen LogP contribution in [0.2, 0.25) is 0 Å². The molecule has 6 fully saturated rings. The molecule has 1 saturated heterocycles. The number of ether oxygens (including phenoxy) is 5. The average Bonchev–Trinajstić information content (AvgIpc) is 3.22. The van der Waals surface area contributed by atoms with Crippen molar-refractivity contribution in [3.05, 3.63) is 0 Å². The van der Waals surface area contributed by atoms with E-state index in [0.717, 1.165) is 25.9 Å². The smallest absolute Gasteiger partial charge is 0.302 e. The number of rotatable bonds is 7. The molecule has 6 aliphatic rings. The molecule has 9 heteroatoms. The number of aliphatic hydroxyl groups excluding tert-OH is 1. The van der Waals surface area contributed by atoms with E-state index >= 15 is 0 Å². The number of carbonyl (C=O) groups is 1. The third kappa shape index (κ3) is 2.50. The molecule has 1 spiro atoms. The van der Waals surface area contributed by atoms with Crippen molar-refractivity contribution in [1.82, 2.24) is 4.90 Å². The van der Waals surface area contributed by atoms with E-state index in [2.05, 4.69) is 11.8 Å². The summed E-state index contributed by atoms with van der Waals surface area (Å²) in [5.74, 6) is -0.764. The summed E-state index contributed by atoms with van der Waals surface area (Å²) in [6.07, 6.45) is 0.828. The maximum absolute atomic E-state index is 13.3. The molecule has 0 radical (unpaired) electrons. The van der Waals surface area contributed by atoms with Gasteiger partial charge in [0.25, 0.3) is 0 Å². The monoisotopic (exact) mass is 509 g/mol. The molecule has 6 rings (SSSR count).